The van der Waals surface area contributed by atoms with Gasteiger partial charge >= 0.3 is 0 Å². The quantitative estimate of drug-likeness (QED) is 0.278. The molecule has 0 aromatic heterocycles. The summed E-state index contributed by atoms with van der Waals surface area (Å²) in [7, 11) is 2.92. The largest absolute Gasteiger partial charge is 0.505 e. The Morgan fingerprint density at radius 3 is 1.94 bits per heavy atom. The number of aliphatic hydroxyl groups is 2. The first-order valence-corrected chi connectivity index (χ1v) is 15.5. The summed E-state index contributed by atoms with van der Waals surface area (Å²) in [5.74, 6) is -13.5. The number of hydrogen-bond acceptors (Lipinski definition) is 10. The van der Waals surface area contributed by atoms with E-state index in [9.17, 15) is 39.3 Å². The first-order valence-electron chi connectivity index (χ1n) is 15.5. The van der Waals surface area contributed by atoms with Crippen molar-refractivity contribution in [1.29, 1.82) is 0 Å². The van der Waals surface area contributed by atoms with Crippen LogP contribution < -0.4 is 10.6 Å². The van der Waals surface area contributed by atoms with E-state index < -0.39 is 76.4 Å². The molecule has 0 spiro atoms. The van der Waals surface area contributed by atoms with Crippen molar-refractivity contribution in [3.05, 3.63) is 95.1 Å². The van der Waals surface area contributed by atoms with E-state index in [1.807, 2.05) is 65.6 Å². The number of Topliss-reactive ketones (excluding diaryl/α,β-unsaturated/α-hetero) is 4. The van der Waals surface area contributed by atoms with Gasteiger partial charge in [0.05, 0.1) is 35.2 Å². The SMILES string of the molecule is C[C@@H]1c2ccc(N(Cc3ccccc3)Cc3ccccc3)c(O)c2C(=O)C2C(=O)[C@@]3(O)C(=O)C(C(N)=O)C(=O)[C@H](N(C)C)[C@H]3[C@H](O)[C@H]21. The third-order valence-corrected chi connectivity index (χ3v) is 10.2. The number of rotatable bonds is 7. The van der Waals surface area contributed by atoms with Crippen molar-refractivity contribution in [3.8, 4) is 5.75 Å². The monoisotopic (exact) mass is 639 g/mol. The Balaban J connectivity index is 1.47. The van der Waals surface area contributed by atoms with Crippen LogP contribution in [-0.4, -0.2) is 81.1 Å². The summed E-state index contributed by atoms with van der Waals surface area (Å²) in [4.78, 5) is 71.2. The molecule has 5 N–H and O–H groups in total. The third kappa shape index (κ3) is 4.88. The maximum Gasteiger partial charge on any atom is 0.235 e. The number of nitrogens with zero attached hydrogens (tertiary/aromatic N) is 2. The van der Waals surface area contributed by atoms with Gasteiger partial charge in [-0.3, -0.25) is 28.9 Å². The molecule has 0 radical (unpaired) electrons. The second-order valence-corrected chi connectivity index (χ2v) is 13.1. The van der Waals surface area contributed by atoms with Crippen LogP contribution in [-0.2, 0) is 32.3 Å². The number of nitrogens with two attached hydrogens (primary N) is 1. The van der Waals surface area contributed by atoms with Crippen molar-refractivity contribution in [2.45, 2.75) is 43.7 Å². The molecule has 2 saturated carbocycles. The van der Waals surface area contributed by atoms with Gasteiger partial charge in [-0.2, -0.15) is 0 Å². The lowest BCUT2D eigenvalue weighted by Crippen LogP contribution is -2.77. The first kappa shape index (κ1) is 32.2. The lowest BCUT2D eigenvalue weighted by atomic mass is 9.49. The zero-order valence-electron chi connectivity index (χ0n) is 26.2. The minimum Gasteiger partial charge on any atom is -0.505 e. The zero-order chi connectivity index (χ0) is 33.9. The number of carbonyl (C=O) groups is 5. The maximum absolute atomic E-state index is 14.4. The Morgan fingerprint density at radius 2 is 1.43 bits per heavy atom. The van der Waals surface area contributed by atoms with Gasteiger partial charge in [0.2, 0.25) is 5.91 Å². The van der Waals surface area contributed by atoms with Crippen molar-refractivity contribution >= 4 is 34.7 Å². The van der Waals surface area contributed by atoms with Crippen LogP contribution in [0, 0.1) is 23.7 Å². The van der Waals surface area contributed by atoms with Crippen molar-refractivity contribution in [3.63, 3.8) is 0 Å². The molecule has 3 aliphatic rings. The molecule has 1 amide bonds. The number of phenols is 1. The van der Waals surface area contributed by atoms with Crippen LogP contribution in [0.1, 0.15) is 39.9 Å². The molecule has 6 rings (SSSR count). The van der Waals surface area contributed by atoms with E-state index in [4.69, 9.17) is 5.73 Å². The van der Waals surface area contributed by atoms with E-state index in [1.165, 1.54) is 19.0 Å². The second-order valence-electron chi connectivity index (χ2n) is 13.1. The Kier molecular flexibility index (Phi) is 8.11. The summed E-state index contributed by atoms with van der Waals surface area (Å²) >= 11 is 0. The molecule has 3 aromatic carbocycles. The molecule has 11 nitrogen and oxygen atoms in total. The summed E-state index contributed by atoms with van der Waals surface area (Å²) in [6.07, 6.45) is -1.68. The van der Waals surface area contributed by atoms with E-state index in [2.05, 4.69) is 0 Å². The van der Waals surface area contributed by atoms with E-state index in [0.717, 1.165) is 11.1 Å². The van der Waals surface area contributed by atoms with Gasteiger partial charge < -0.3 is 26.0 Å². The molecule has 3 aliphatic carbocycles. The average Bonchev–Trinajstić information content (AvgIpc) is 3.03. The number of hydrogen-bond donors (Lipinski definition) is 4. The third-order valence-electron chi connectivity index (χ3n) is 10.2. The Labute approximate surface area is 271 Å². The van der Waals surface area contributed by atoms with Gasteiger partial charge in [0.1, 0.15) is 5.75 Å². The number of carbonyl (C=O) groups excluding carboxylic acids is 5. The van der Waals surface area contributed by atoms with Crippen molar-refractivity contribution in [2.75, 3.05) is 19.0 Å². The van der Waals surface area contributed by atoms with Gasteiger partial charge in [0.15, 0.2) is 34.7 Å². The van der Waals surface area contributed by atoms with Crippen LogP contribution in [0.3, 0.4) is 0 Å². The van der Waals surface area contributed by atoms with Crippen LogP contribution in [0.4, 0.5) is 5.69 Å². The Morgan fingerprint density at radius 1 is 0.872 bits per heavy atom. The highest BCUT2D eigenvalue weighted by Gasteiger charge is 2.72. The van der Waals surface area contributed by atoms with Gasteiger partial charge in [-0.05, 0) is 42.8 Å². The molecule has 0 bridgehead atoms. The summed E-state index contributed by atoms with van der Waals surface area (Å²) in [5.41, 5.74) is 4.83. The minimum absolute atomic E-state index is 0.139. The van der Waals surface area contributed by atoms with Gasteiger partial charge in [-0.15, -0.1) is 0 Å². The van der Waals surface area contributed by atoms with E-state index in [0.29, 0.717) is 24.3 Å². The lowest BCUT2D eigenvalue weighted by Gasteiger charge is -2.56. The second kappa shape index (κ2) is 11.8. The van der Waals surface area contributed by atoms with Gasteiger partial charge in [-0.1, -0.05) is 73.7 Å². The fraction of sp³-hybridized carbons (Fsp3) is 0.361. The molecule has 0 aliphatic heterocycles. The number of phenolic OH excluding ortho intramolecular Hbond substituents is 1. The molecule has 2 fully saturated rings. The smallest absolute Gasteiger partial charge is 0.235 e. The highest BCUT2D eigenvalue weighted by molar-refractivity contribution is 6.32. The number of benzene rings is 3. The van der Waals surface area contributed by atoms with Crippen LogP contribution in [0.15, 0.2) is 72.8 Å². The predicted octanol–water partition coefficient (Wildman–Crippen LogP) is 1.61. The minimum atomic E-state index is -3.05. The average molecular weight is 640 g/mol. The molecule has 11 heteroatoms. The normalized spacial score (nSPS) is 30.0. The summed E-state index contributed by atoms with van der Waals surface area (Å²) < 4.78 is 0. The highest BCUT2D eigenvalue weighted by atomic mass is 16.3. The standard InChI is InChI=1S/C36H37N3O8/c1-18-21-14-15-22(39(16-19-10-6-4-7-11-19)17-20-12-8-5-9-13-20)29(40)24(21)30(41)25-23(18)31(42)27-28(38(2)3)32(43)26(35(37)46)34(45)36(27,47)33(25)44/h4-15,18,23,25-28,31,40,42,47H,16-17H2,1-3H3,(H2,37,46)/t18-,23+,25?,26?,27+,28-,31-,36-/m1/s1. The fourth-order valence-electron chi connectivity index (χ4n) is 8.07. The predicted molar refractivity (Wildman–Crippen MR) is 170 cm³/mol. The van der Waals surface area contributed by atoms with Gasteiger partial charge in [0.25, 0.3) is 0 Å². The zero-order valence-corrected chi connectivity index (χ0v) is 26.2. The molecule has 244 valence electrons. The number of fused-ring (bicyclic) bond motifs is 3. The number of ketones is 4. The van der Waals surface area contributed by atoms with Crippen molar-refractivity contribution < 1.29 is 39.3 Å². The number of amides is 1. The van der Waals surface area contributed by atoms with Crippen LogP contribution >= 0.6 is 0 Å². The van der Waals surface area contributed by atoms with Gasteiger partial charge in [-0.25, -0.2) is 0 Å². The van der Waals surface area contributed by atoms with E-state index in [1.54, 1.807) is 19.1 Å². The molecule has 8 atom stereocenters. The van der Waals surface area contributed by atoms with Gasteiger partial charge in [0, 0.05) is 19.0 Å². The topological polar surface area (TPSA) is 179 Å². The molecule has 0 heterocycles. The molecular formula is C36H37N3O8. The molecular weight excluding hydrogens is 602 g/mol. The number of aromatic hydroxyl groups is 1. The van der Waals surface area contributed by atoms with Crippen molar-refractivity contribution in [2.24, 2.45) is 29.4 Å². The number of likely N-dealkylation sites (N-methyl/N-ethyl adjacent to an activating group) is 1. The fourth-order valence-corrected chi connectivity index (χ4v) is 8.07. The van der Waals surface area contributed by atoms with Crippen molar-refractivity contribution in [1.82, 2.24) is 4.90 Å². The number of primary amides is 1. The number of anilines is 1. The van der Waals surface area contributed by atoms with E-state index in [-0.39, 0.29) is 11.3 Å². The van der Waals surface area contributed by atoms with Crippen LogP contribution in [0.2, 0.25) is 0 Å². The van der Waals surface area contributed by atoms with Crippen LogP contribution in [0.5, 0.6) is 5.75 Å². The summed E-state index contributed by atoms with van der Waals surface area (Å²) in [6.45, 7) is 2.44. The number of aliphatic hydroxyl groups excluding tert-OH is 1. The Hall–Kier alpha value is -4.71. The maximum atomic E-state index is 14.4. The molecule has 2 unspecified atom stereocenters. The molecule has 3 aromatic rings. The lowest BCUT2D eigenvalue weighted by molar-refractivity contribution is -0.196. The summed E-state index contributed by atoms with van der Waals surface area (Å²) in [5, 5.41) is 35.6. The highest BCUT2D eigenvalue weighted by Crippen LogP contribution is 2.55. The molecule has 0 saturated heterocycles. The van der Waals surface area contributed by atoms with E-state index >= 15 is 0 Å². The van der Waals surface area contributed by atoms with Crippen LogP contribution in [0.25, 0.3) is 0 Å². The Bertz CT molecular complexity index is 1740. The summed E-state index contributed by atoms with van der Waals surface area (Å²) in [6, 6.07) is 21.1. The first-order chi connectivity index (χ1) is 22.3. The molecule has 47 heavy (non-hydrogen) atoms.